The van der Waals surface area contributed by atoms with Crippen molar-refractivity contribution in [2.24, 2.45) is 0 Å². The summed E-state index contributed by atoms with van der Waals surface area (Å²) in [4.78, 5) is 11.7. The molecule has 0 unspecified atom stereocenters. The SMILES string of the molecule is CC/C=C/CCOC(=O)CCCCCCCCCCCCCCCCCCCCCCCCCC. The van der Waals surface area contributed by atoms with Gasteiger partial charge in [-0.15, -0.1) is 0 Å². The highest BCUT2D eigenvalue weighted by molar-refractivity contribution is 5.69. The number of esters is 1. The molecule has 0 radical (unpaired) electrons. The maximum atomic E-state index is 11.7. The van der Waals surface area contributed by atoms with E-state index in [0.29, 0.717) is 13.0 Å². The first-order valence-corrected chi connectivity index (χ1v) is 16.1. The number of hydrogen-bond donors (Lipinski definition) is 0. The van der Waals surface area contributed by atoms with E-state index >= 15 is 0 Å². The summed E-state index contributed by atoms with van der Waals surface area (Å²) in [5.41, 5.74) is 0. The molecule has 0 amide bonds. The lowest BCUT2D eigenvalue weighted by molar-refractivity contribution is -0.143. The molecule has 0 aliphatic carbocycles. The third kappa shape index (κ3) is 31.2. The highest BCUT2D eigenvalue weighted by Crippen LogP contribution is 2.15. The monoisotopic (exact) mass is 492 g/mol. The molecule has 0 atom stereocenters. The maximum Gasteiger partial charge on any atom is 0.305 e. The third-order valence-corrected chi connectivity index (χ3v) is 7.18. The fraction of sp³-hybridized carbons (Fsp3) is 0.909. The Kier molecular flexibility index (Phi) is 30.5. The Morgan fingerprint density at radius 1 is 0.486 bits per heavy atom. The van der Waals surface area contributed by atoms with Gasteiger partial charge in [-0.05, 0) is 19.3 Å². The summed E-state index contributed by atoms with van der Waals surface area (Å²) in [6.07, 6.45) is 40.3. The van der Waals surface area contributed by atoms with Crippen LogP contribution < -0.4 is 0 Å². The van der Waals surface area contributed by atoms with E-state index in [1.807, 2.05) is 0 Å². The molecule has 0 saturated heterocycles. The van der Waals surface area contributed by atoms with Gasteiger partial charge in [-0.1, -0.05) is 174 Å². The van der Waals surface area contributed by atoms with Crippen LogP contribution in [0.4, 0.5) is 0 Å². The van der Waals surface area contributed by atoms with Crippen molar-refractivity contribution in [2.75, 3.05) is 6.61 Å². The molecule has 2 nitrogen and oxygen atoms in total. The van der Waals surface area contributed by atoms with Gasteiger partial charge in [0.1, 0.15) is 0 Å². The number of ether oxygens (including phenoxy) is 1. The summed E-state index contributed by atoms with van der Waals surface area (Å²) < 4.78 is 5.25. The van der Waals surface area contributed by atoms with Crippen LogP contribution in [0.5, 0.6) is 0 Å². The molecule has 2 heteroatoms. The van der Waals surface area contributed by atoms with E-state index in [9.17, 15) is 4.79 Å². The molecular formula is C33H64O2. The quantitative estimate of drug-likeness (QED) is 0.0589. The average molecular weight is 493 g/mol. The maximum absolute atomic E-state index is 11.7. The van der Waals surface area contributed by atoms with E-state index in [1.54, 1.807) is 0 Å². The molecular weight excluding hydrogens is 428 g/mol. The molecule has 0 bridgehead atoms. The number of rotatable bonds is 29. The number of carbonyl (C=O) groups is 1. The number of carbonyl (C=O) groups excluding carboxylic acids is 1. The second-order valence-electron chi connectivity index (χ2n) is 10.8. The first-order chi connectivity index (χ1) is 17.3. The van der Waals surface area contributed by atoms with Crippen LogP contribution in [-0.4, -0.2) is 12.6 Å². The van der Waals surface area contributed by atoms with Gasteiger partial charge in [0.05, 0.1) is 6.61 Å². The highest BCUT2D eigenvalue weighted by Gasteiger charge is 2.02. The third-order valence-electron chi connectivity index (χ3n) is 7.18. The second kappa shape index (κ2) is 31.2. The summed E-state index contributed by atoms with van der Waals surface area (Å²) in [6.45, 7) is 4.95. The van der Waals surface area contributed by atoms with Gasteiger partial charge in [-0.3, -0.25) is 4.79 Å². The van der Waals surface area contributed by atoms with E-state index in [-0.39, 0.29) is 5.97 Å². The van der Waals surface area contributed by atoms with Gasteiger partial charge in [-0.2, -0.15) is 0 Å². The predicted octanol–water partition coefficient (Wildman–Crippen LogP) is 11.7. The lowest BCUT2D eigenvalue weighted by atomic mass is 10.0. The van der Waals surface area contributed by atoms with Crippen LogP contribution in [0.15, 0.2) is 12.2 Å². The standard InChI is InChI=1S/C33H64O2/c1-3-5-7-9-10-11-12-13-14-15-16-17-18-19-20-21-22-23-24-25-26-27-28-29-31-33(34)35-32-30-8-6-4-2/h6,8H,3-5,7,9-32H2,1-2H3/b8-6+. The molecule has 0 saturated carbocycles. The van der Waals surface area contributed by atoms with E-state index in [0.717, 1.165) is 19.3 Å². The van der Waals surface area contributed by atoms with E-state index < -0.39 is 0 Å². The van der Waals surface area contributed by atoms with Crippen molar-refractivity contribution >= 4 is 5.97 Å². The highest BCUT2D eigenvalue weighted by atomic mass is 16.5. The van der Waals surface area contributed by atoms with Crippen LogP contribution >= 0.6 is 0 Å². The van der Waals surface area contributed by atoms with Gasteiger partial charge in [0.15, 0.2) is 0 Å². The van der Waals surface area contributed by atoms with E-state index in [4.69, 9.17) is 4.74 Å². The van der Waals surface area contributed by atoms with Crippen molar-refractivity contribution in [3.63, 3.8) is 0 Å². The van der Waals surface area contributed by atoms with Gasteiger partial charge >= 0.3 is 5.97 Å². The lowest BCUT2D eigenvalue weighted by Gasteiger charge is -2.05. The summed E-state index contributed by atoms with van der Waals surface area (Å²) in [6, 6.07) is 0. The minimum absolute atomic E-state index is 0.0197. The molecule has 0 heterocycles. The Balaban J connectivity index is 3.10. The molecule has 0 aliphatic heterocycles. The molecule has 0 aromatic rings. The Morgan fingerprint density at radius 3 is 1.17 bits per heavy atom. The van der Waals surface area contributed by atoms with Crippen molar-refractivity contribution in [3.05, 3.63) is 12.2 Å². The zero-order chi connectivity index (χ0) is 25.5. The van der Waals surface area contributed by atoms with Crippen molar-refractivity contribution < 1.29 is 9.53 Å². The second-order valence-corrected chi connectivity index (χ2v) is 10.8. The average Bonchev–Trinajstić information content (AvgIpc) is 2.86. The Hall–Kier alpha value is -0.790. The van der Waals surface area contributed by atoms with E-state index in [1.165, 1.54) is 148 Å². The van der Waals surface area contributed by atoms with Crippen LogP contribution in [0.2, 0.25) is 0 Å². The smallest absolute Gasteiger partial charge is 0.305 e. The minimum atomic E-state index is -0.0197. The van der Waals surface area contributed by atoms with Crippen molar-refractivity contribution in [1.29, 1.82) is 0 Å². The normalized spacial score (nSPS) is 11.5. The summed E-state index contributed by atoms with van der Waals surface area (Å²) in [7, 11) is 0. The lowest BCUT2D eigenvalue weighted by Crippen LogP contribution is -2.04. The minimum Gasteiger partial charge on any atom is -0.465 e. The molecule has 0 aromatic carbocycles. The van der Waals surface area contributed by atoms with Gasteiger partial charge in [0.2, 0.25) is 0 Å². The predicted molar refractivity (Wildman–Crippen MR) is 156 cm³/mol. The zero-order valence-electron chi connectivity index (χ0n) is 24.3. The number of hydrogen-bond acceptors (Lipinski definition) is 2. The fourth-order valence-corrected chi connectivity index (χ4v) is 4.83. The fourth-order valence-electron chi connectivity index (χ4n) is 4.83. The largest absolute Gasteiger partial charge is 0.465 e. The molecule has 35 heavy (non-hydrogen) atoms. The summed E-state index contributed by atoms with van der Waals surface area (Å²) in [5.74, 6) is -0.0197. The first kappa shape index (κ1) is 34.2. The Labute approximate surface area is 221 Å². The Bertz CT molecular complexity index is 429. The molecule has 0 aromatic heterocycles. The van der Waals surface area contributed by atoms with Gasteiger partial charge in [-0.25, -0.2) is 0 Å². The van der Waals surface area contributed by atoms with Gasteiger partial charge in [0, 0.05) is 6.42 Å². The van der Waals surface area contributed by atoms with Crippen LogP contribution in [0.1, 0.15) is 187 Å². The van der Waals surface area contributed by atoms with Crippen LogP contribution in [-0.2, 0) is 9.53 Å². The molecule has 0 rings (SSSR count). The number of unbranched alkanes of at least 4 members (excludes halogenated alkanes) is 23. The molecule has 208 valence electrons. The van der Waals surface area contributed by atoms with Crippen molar-refractivity contribution in [2.45, 2.75) is 187 Å². The summed E-state index contributed by atoms with van der Waals surface area (Å²) >= 11 is 0. The molecule has 0 aliphatic rings. The zero-order valence-corrected chi connectivity index (χ0v) is 24.3. The van der Waals surface area contributed by atoms with Gasteiger partial charge < -0.3 is 4.74 Å². The van der Waals surface area contributed by atoms with Crippen LogP contribution in [0.3, 0.4) is 0 Å². The molecule has 0 fully saturated rings. The molecule has 0 spiro atoms. The van der Waals surface area contributed by atoms with Gasteiger partial charge in [0.25, 0.3) is 0 Å². The Morgan fingerprint density at radius 2 is 0.829 bits per heavy atom. The van der Waals surface area contributed by atoms with Crippen molar-refractivity contribution in [1.82, 2.24) is 0 Å². The van der Waals surface area contributed by atoms with Crippen molar-refractivity contribution in [3.8, 4) is 0 Å². The molecule has 0 N–H and O–H groups in total. The van der Waals surface area contributed by atoms with Crippen LogP contribution in [0.25, 0.3) is 0 Å². The number of allylic oxidation sites excluding steroid dienone is 1. The van der Waals surface area contributed by atoms with E-state index in [2.05, 4.69) is 26.0 Å². The first-order valence-electron chi connectivity index (χ1n) is 16.1. The topological polar surface area (TPSA) is 26.3 Å². The van der Waals surface area contributed by atoms with Crippen LogP contribution in [0, 0.1) is 0 Å². The summed E-state index contributed by atoms with van der Waals surface area (Å²) in [5, 5.41) is 0.